The van der Waals surface area contributed by atoms with E-state index in [0.717, 1.165) is 17.1 Å². The van der Waals surface area contributed by atoms with Gasteiger partial charge in [-0.15, -0.1) is 0 Å². The summed E-state index contributed by atoms with van der Waals surface area (Å²) in [6.07, 6.45) is 1.57. The zero-order valence-electron chi connectivity index (χ0n) is 16.3. The van der Waals surface area contributed by atoms with Crippen LogP contribution in [-0.2, 0) is 17.8 Å². The van der Waals surface area contributed by atoms with Crippen LogP contribution < -0.4 is 15.0 Å². The summed E-state index contributed by atoms with van der Waals surface area (Å²) in [5.41, 5.74) is 1.54. The van der Waals surface area contributed by atoms with E-state index in [1.165, 1.54) is 0 Å². The first-order valence-corrected chi connectivity index (χ1v) is 9.78. The van der Waals surface area contributed by atoms with Gasteiger partial charge < -0.3 is 19.4 Å². The summed E-state index contributed by atoms with van der Waals surface area (Å²) < 4.78 is 10.7. The second-order valence-electron chi connectivity index (χ2n) is 6.98. The van der Waals surface area contributed by atoms with Gasteiger partial charge in [0.05, 0.1) is 10.9 Å². The second kappa shape index (κ2) is 8.34. The van der Waals surface area contributed by atoms with Gasteiger partial charge in [0.1, 0.15) is 5.82 Å². The van der Waals surface area contributed by atoms with Gasteiger partial charge in [-0.05, 0) is 43.2 Å². The Labute approximate surface area is 168 Å². The Bertz CT molecular complexity index is 1090. The zero-order chi connectivity index (χ0) is 20.2. The normalized spacial score (nSPS) is 12.3. The first-order valence-electron chi connectivity index (χ1n) is 9.78. The Morgan fingerprint density at radius 3 is 2.86 bits per heavy atom. The van der Waals surface area contributed by atoms with Crippen molar-refractivity contribution >= 4 is 16.8 Å². The van der Waals surface area contributed by atoms with Gasteiger partial charge in [-0.1, -0.05) is 18.2 Å². The van der Waals surface area contributed by atoms with Crippen molar-refractivity contribution in [2.45, 2.75) is 32.7 Å². The van der Waals surface area contributed by atoms with E-state index in [9.17, 15) is 9.59 Å². The number of aromatic amines is 1. The lowest BCUT2D eigenvalue weighted by atomic mass is 10.1. The first kappa shape index (κ1) is 19.0. The van der Waals surface area contributed by atoms with E-state index in [2.05, 4.69) is 9.97 Å². The van der Waals surface area contributed by atoms with Crippen LogP contribution in [0.2, 0.25) is 0 Å². The molecule has 0 fully saturated rings. The molecule has 0 spiro atoms. The van der Waals surface area contributed by atoms with E-state index < -0.39 is 0 Å². The SMILES string of the molecule is CCN(Cc1ccc2c(c1)OCO2)C(=O)CCCc1nc2ccccc2c(=O)[nH]1. The second-order valence-corrected chi connectivity index (χ2v) is 6.98. The molecule has 150 valence electrons. The summed E-state index contributed by atoms with van der Waals surface area (Å²) in [7, 11) is 0. The number of rotatable bonds is 7. The predicted molar refractivity (Wildman–Crippen MR) is 109 cm³/mol. The van der Waals surface area contributed by atoms with E-state index in [4.69, 9.17) is 9.47 Å². The van der Waals surface area contributed by atoms with Gasteiger partial charge in [0.2, 0.25) is 12.7 Å². The molecule has 1 N–H and O–H groups in total. The molecule has 2 aromatic carbocycles. The number of aromatic nitrogens is 2. The Morgan fingerprint density at radius 1 is 1.17 bits per heavy atom. The fourth-order valence-electron chi connectivity index (χ4n) is 3.45. The van der Waals surface area contributed by atoms with Crippen LogP contribution in [0.4, 0.5) is 0 Å². The Hall–Kier alpha value is -3.35. The van der Waals surface area contributed by atoms with Crippen molar-refractivity contribution in [1.29, 1.82) is 0 Å². The van der Waals surface area contributed by atoms with Crippen LogP contribution in [0.3, 0.4) is 0 Å². The molecule has 0 atom stereocenters. The molecule has 0 aliphatic carbocycles. The van der Waals surface area contributed by atoms with E-state index in [-0.39, 0.29) is 18.3 Å². The highest BCUT2D eigenvalue weighted by Gasteiger charge is 2.16. The highest BCUT2D eigenvalue weighted by atomic mass is 16.7. The maximum atomic E-state index is 12.7. The highest BCUT2D eigenvalue weighted by Crippen LogP contribution is 2.32. The van der Waals surface area contributed by atoms with Crippen LogP contribution in [-0.4, -0.2) is 34.1 Å². The van der Waals surface area contributed by atoms with Crippen LogP contribution in [0, 0.1) is 0 Å². The van der Waals surface area contributed by atoms with Gasteiger partial charge in [-0.2, -0.15) is 0 Å². The number of amides is 1. The number of carbonyl (C=O) groups is 1. The molecule has 4 rings (SSSR count). The third-order valence-corrected chi connectivity index (χ3v) is 5.01. The number of hydrogen-bond acceptors (Lipinski definition) is 5. The predicted octanol–water partition coefficient (Wildman–Crippen LogP) is 3.02. The van der Waals surface area contributed by atoms with Gasteiger partial charge in [0, 0.05) is 25.9 Å². The van der Waals surface area contributed by atoms with E-state index >= 15 is 0 Å². The van der Waals surface area contributed by atoms with Crippen LogP contribution in [0.25, 0.3) is 10.9 Å². The van der Waals surface area contributed by atoms with Crippen molar-refractivity contribution < 1.29 is 14.3 Å². The number of carbonyl (C=O) groups excluding carboxylic acids is 1. The summed E-state index contributed by atoms with van der Waals surface area (Å²) in [6, 6.07) is 13.0. The molecule has 1 aliphatic heterocycles. The van der Waals surface area contributed by atoms with Gasteiger partial charge >= 0.3 is 0 Å². The van der Waals surface area contributed by atoms with Gasteiger partial charge in [-0.3, -0.25) is 9.59 Å². The fourth-order valence-corrected chi connectivity index (χ4v) is 3.45. The van der Waals surface area contributed by atoms with E-state index in [0.29, 0.717) is 49.1 Å². The fraction of sp³-hybridized carbons (Fsp3) is 0.318. The molecule has 29 heavy (non-hydrogen) atoms. The Kier molecular flexibility index (Phi) is 5.46. The molecule has 3 aromatic rings. The molecule has 0 radical (unpaired) electrons. The molecule has 7 nitrogen and oxygen atoms in total. The third kappa shape index (κ3) is 4.23. The van der Waals surface area contributed by atoms with E-state index in [1.807, 2.05) is 48.2 Å². The molecule has 0 unspecified atom stereocenters. The molecular formula is C22H23N3O4. The molecular weight excluding hydrogens is 370 g/mol. The monoisotopic (exact) mass is 393 g/mol. The molecule has 2 heterocycles. The molecule has 0 saturated carbocycles. The highest BCUT2D eigenvalue weighted by molar-refractivity contribution is 5.77. The van der Waals surface area contributed by atoms with Crippen LogP contribution in [0.5, 0.6) is 11.5 Å². The summed E-state index contributed by atoms with van der Waals surface area (Å²) in [5.74, 6) is 2.14. The largest absolute Gasteiger partial charge is 0.454 e. The van der Waals surface area contributed by atoms with Gasteiger partial charge in [0.15, 0.2) is 11.5 Å². The summed E-state index contributed by atoms with van der Waals surface area (Å²) in [4.78, 5) is 33.9. The number of ether oxygens (including phenoxy) is 2. The maximum absolute atomic E-state index is 12.7. The smallest absolute Gasteiger partial charge is 0.258 e. The molecule has 7 heteroatoms. The number of hydrogen-bond donors (Lipinski definition) is 1. The van der Waals surface area contributed by atoms with Crippen molar-refractivity contribution in [2.24, 2.45) is 0 Å². The lowest BCUT2D eigenvalue weighted by Crippen LogP contribution is -2.30. The van der Waals surface area contributed by atoms with Crippen LogP contribution >= 0.6 is 0 Å². The topological polar surface area (TPSA) is 84.5 Å². The molecule has 0 bridgehead atoms. The number of nitrogens with one attached hydrogen (secondary N) is 1. The lowest BCUT2D eigenvalue weighted by molar-refractivity contribution is -0.131. The molecule has 1 amide bonds. The number of fused-ring (bicyclic) bond motifs is 2. The number of aryl methyl sites for hydroxylation is 1. The van der Waals surface area contributed by atoms with E-state index in [1.54, 1.807) is 6.07 Å². The number of benzene rings is 2. The quantitative estimate of drug-likeness (QED) is 0.667. The maximum Gasteiger partial charge on any atom is 0.258 e. The average Bonchev–Trinajstić information content (AvgIpc) is 3.20. The number of H-pyrrole nitrogens is 1. The lowest BCUT2D eigenvalue weighted by Gasteiger charge is -2.21. The Morgan fingerprint density at radius 2 is 2.00 bits per heavy atom. The number of nitrogens with zero attached hydrogens (tertiary/aromatic N) is 2. The van der Waals surface area contributed by atoms with Crippen molar-refractivity contribution in [2.75, 3.05) is 13.3 Å². The number of para-hydroxylation sites is 1. The standard InChI is InChI=1S/C22H23N3O4/c1-2-25(13-15-10-11-18-19(12-15)29-14-28-18)21(26)9-5-8-20-23-17-7-4-3-6-16(17)22(27)24-20/h3-4,6-7,10-12H,2,5,8-9,13-14H2,1H3,(H,23,24,27). The Balaban J connectivity index is 1.35. The summed E-state index contributed by atoms with van der Waals surface area (Å²) >= 11 is 0. The minimum atomic E-state index is -0.144. The molecule has 1 aromatic heterocycles. The van der Waals surface area contributed by atoms with Crippen molar-refractivity contribution in [3.63, 3.8) is 0 Å². The third-order valence-electron chi connectivity index (χ3n) is 5.01. The van der Waals surface area contributed by atoms with Crippen LogP contribution in [0.1, 0.15) is 31.2 Å². The van der Waals surface area contributed by atoms with Gasteiger partial charge in [-0.25, -0.2) is 4.98 Å². The minimum absolute atomic E-state index is 0.0771. The summed E-state index contributed by atoms with van der Waals surface area (Å²) in [6.45, 7) is 3.35. The average molecular weight is 393 g/mol. The van der Waals surface area contributed by atoms with Crippen LogP contribution in [0.15, 0.2) is 47.3 Å². The molecule has 0 saturated heterocycles. The first-order chi connectivity index (χ1) is 14.1. The van der Waals surface area contributed by atoms with Crippen molar-refractivity contribution in [3.05, 3.63) is 64.2 Å². The minimum Gasteiger partial charge on any atom is -0.454 e. The summed E-state index contributed by atoms with van der Waals surface area (Å²) in [5, 5.41) is 0.577. The van der Waals surface area contributed by atoms with Crippen molar-refractivity contribution in [1.82, 2.24) is 14.9 Å². The van der Waals surface area contributed by atoms with Crippen molar-refractivity contribution in [3.8, 4) is 11.5 Å². The molecule has 1 aliphatic rings. The van der Waals surface area contributed by atoms with Gasteiger partial charge in [0.25, 0.3) is 5.56 Å². The zero-order valence-corrected chi connectivity index (χ0v) is 16.3.